The second-order valence-electron chi connectivity index (χ2n) is 2.66. The molecule has 0 aliphatic heterocycles. The summed E-state index contributed by atoms with van der Waals surface area (Å²) < 4.78 is 14.3. The Bertz CT molecular complexity index is 245. The third kappa shape index (κ3) is 1.40. The maximum Gasteiger partial charge on any atom is 0.217 e. The van der Waals surface area contributed by atoms with Crippen LogP contribution in [-0.2, 0) is 6.61 Å². The molecule has 1 aromatic rings. The largest absolute Gasteiger partial charge is 0.391 e. The van der Waals surface area contributed by atoms with E-state index >= 15 is 0 Å². The standard InChI is InChI=1S/C7H11FN2O/c1-5(2)10-7(8)6(4-11)3-9-10/h3,5,11H,4H2,1-2H3. The number of hydrogen-bond donors (Lipinski definition) is 1. The first-order chi connectivity index (χ1) is 5.16. The third-order valence-corrected chi connectivity index (χ3v) is 1.46. The van der Waals surface area contributed by atoms with Crippen molar-refractivity contribution in [2.24, 2.45) is 0 Å². The van der Waals surface area contributed by atoms with Crippen molar-refractivity contribution in [3.8, 4) is 0 Å². The molecule has 0 amide bonds. The van der Waals surface area contributed by atoms with Crippen LogP contribution in [0.3, 0.4) is 0 Å². The van der Waals surface area contributed by atoms with Crippen molar-refractivity contribution in [3.05, 3.63) is 17.7 Å². The van der Waals surface area contributed by atoms with Crippen LogP contribution in [0.4, 0.5) is 4.39 Å². The minimum Gasteiger partial charge on any atom is -0.391 e. The zero-order chi connectivity index (χ0) is 8.43. The van der Waals surface area contributed by atoms with Gasteiger partial charge in [-0.25, -0.2) is 4.68 Å². The second-order valence-corrected chi connectivity index (χ2v) is 2.66. The molecule has 62 valence electrons. The van der Waals surface area contributed by atoms with Crippen molar-refractivity contribution in [1.82, 2.24) is 9.78 Å². The Balaban J connectivity index is 3.00. The molecule has 0 aliphatic rings. The highest BCUT2D eigenvalue weighted by Crippen LogP contribution is 2.11. The van der Waals surface area contributed by atoms with Crippen molar-refractivity contribution in [2.75, 3.05) is 0 Å². The van der Waals surface area contributed by atoms with Gasteiger partial charge in [-0.15, -0.1) is 0 Å². The molecule has 11 heavy (non-hydrogen) atoms. The van der Waals surface area contributed by atoms with Crippen LogP contribution in [0.25, 0.3) is 0 Å². The molecule has 1 rings (SSSR count). The molecule has 1 N–H and O–H groups in total. The maximum absolute atomic E-state index is 13.0. The molecule has 0 spiro atoms. The van der Waals surface area contributed by atoms with Gasteiger partial charge in [-0.3, -0.25) is 0 Å². The first-order valence-corrected chi connectivity index (χ1v) is 3.49. The van der Waals surface area contributed by atoms with Gasteiger partial charge in [0.2, 0.25) is 5.95 Å². The summed E-state index contributed by atoms with van der Waals surface area (Å²) in [5.74, 6) is -0.442. The second kappa shape index (κ2) is 3.00. The van der Waals surface area contributed by atoms with Gasteiger partial charge in [-0.2, -0.15) is 9.49 Å². The van der Waals surface area contributed by atoms with E-state index in [4.69, 9.17) is 5.11 Å². The van der Waals surface area contributed by atoms with Gasteiger partial charge >= 0.3 is 0 Å². The fourth-order valence-electron chi connectivity index (χ4n) is 0.849. The van der Waals surface area contributed by atoms with E-state index in [2.05, 4.69) is 5.10 Å². The molecule has 1 heterocycles. The fourth-order valence-corrected chi connectivity index (χ4v) is 0.849. The van der Waals surface area contributed by atoms with Crippen LogP contribution in [0, 0.1) is 5.95 Å². The van der Waals surface area contributed by atoms with E-state index in [-0.39, 0.29) is 18.2 Å². The minimum absolute atomic E-state index is 0.00435. The molecular weight excluding hydrogens is 147 g/mol. The summed E-state index contributed by atoms with van der Waals surface area (Å²) in [5.41, 5.74) is 0.249. The third-order valence-electron chi connectivity index (χ3n) is 1.46. The fraction of sp³-hybridized carbons (Fsp3) is 0.571. The summed E-state index contributed by atoms with van der Waals surface area (Å²) in [6.45, 7) is 3.37. The zero-order valence-corrected chi connectivity index (χ0v) is 6.58. The van der Waals surface area contributed by atoms with Crippen molar-refractivity contribution in [1.29, 1.82) is 0 Å². The monoisotopic (exact) mass is 158 g/mol. The van der Waals surface area contributed by atoms with Gasteiger partial charge in [0.15, 0.2) is 0 Å². The molecule has 0 bridgehead atoms. The predicted molar refractivity (Wildman–Crippen MR) is 38.5 cm³/mol. The highest BCUT2D eigenvalue weighted by Gasteiger charge is 2.10. The lowest BCUT2D eigenvalue weighted by molar-refractivity contribution is 0.272. The van der Waals surface area contributed by atoms with Crippen LogP contribution >= 0.6 is 0 Å². The Morgan fingerprint density at radius 3 is 2.64 bits per heavy atom. The van der Waals surface area contributed by atoms with Crippen LogP contribution < -0.4 is 0 Å². The van der Waals surface area contributed by atoms with E-state index in [0.29, 0.717) is 0 Å². The van der Waals surface area contributed by atoms with Crippen LogP contribution in [0.5, 0.6) is 0 Å². The molecule has 0 saturated heterocycles. The van der Waals surface area contributed by atoms with E-state index in [0.717, 1.165) is 0 Å². The molecule has 0 atom stereocenters. The van der Waals surface area contributed by atoms with Crippen molar-refractivity contribution < 1.29 is 9.50 Å². The summed E-state index contributed by atoms with van der Waals surface area (Å²) in [6.07, 6.45) is 1.34. The van der Waals surface area contributed by atoms with E-state index in [1.54, 1.807) is 0 Å². The molecule has 0 radical (unpaired) electrons. The van der Waals surface area contributed by atoms with E-state index in [1.807, 2.05) is 13.8 Å². The van der Waals surface area contributed by atoms with Gasteiger partial charge in [0.05, 0.1) is 18.4 Å². The number of aliphatic hydroxyl groups excluding tert-OH is 1. The SMILES string of the molecule is CC(C)n1ncc(CO)c1F. The van der Waals surface area contributed by atoms with Crippen molar-refractivity contribution in [3.63, 3.8) is 0 Å². The molecule has 0 saturated carbocycles. The van der Waals surface area contributed by atoms with Crippen LogP contribution in [0.2, 0.25) is 0 Å². The Morgan fingerprint density at radius 1 is 1.73 bits per heavy atom. The summed E-state index contributed by atoms with van der Waals surface area (Å²) >= 11 is 0. The Hall–Kier alpha value is -0.900. The lowest BCUT2D eigenvalue weighted by Gasteiger charge is -2.04. The van der Waals surface area contributed by atoms with Crippen molar-refractivity contribution in [2.45, 2.75) is 26.5 Å². The number of aromatic nitrogens is 2. The molecule has 4 heteroatoms. The van der Waals surface area contributed by atoms with Gasteiger partial charge in [-0.1, -0.05) is 0 Å². The van der Waals surface area contributed by atoms with Gasteiger partial charge < -0.3 is 5.11 Å². The Kier molecular flexibility index (Phi) is 2.24. The summed E-state index contributed by atoms with van der Waals surface area (Å²) in [6, 6.07) is -0.00435. The van der Waals surface area contributed by atoms with E-state index in [1.165, 1.54) is 10.9 Å². The zero-order valence-electron chi connectivity index (χ0n) is 6.58. The van der Waals surface area contributed by atoms with Gasteiger partial charge in [0.1, 0.15) is 0 Å². The predicted octanol–water partition coefficient (Wildman–Crippen LogP) is 1.10. The average Bonchev–Trinajstić information content (AvgIpc) is 2.30. The quantitative estimate of drug-likeness (QED) is 0.699. The number of halogens is 1. The van der Waals surface area contributed by atoms with Gasteiger partial charge in [0.25, 0.3) is 0 Å². The topological polar surface area (TPSA) is 38.0 Å². The molecule has 3 nitrogen and oxygen atoms in total. The number of hydrogen-bond acceptors (Lipinski definition) is 2. The normalized spacial score (nSPS) is 11.0. The number of nitrogens with zero attached hydrogens (tertiary/aromatic N) is 2. The average molecular weight is 158 g/mol. The van der Waals surface area contributed by atoms with E-state index < -0.39 is 5.95 Å². The van der Waals surface area contributed by atoms with Crippen molar-refractivity contribution >= 4 is 0 Å². The summed E-state index contributed by atoms with van der Waals surface area (Å²) in [7, 11) is 0. The first kappa shape index (κ1) is 8.20. The number of rotatable bonds is 2. The summed E-state index contributed by atoms with van der Waals surface area (Å²) in [5, 5.41) is 12.4. The minimum atomic E-state index is -0.442. The lowest BCUT2D eigenvalue weighted by atomic mass is 10.3. The number of aliphatic hydroxyl groups is 1. The Labute approximate surface area is 64.5 Å². The molecule has 1 aromatic heterocycles. The lowest BCUT2D eigenvalue weighted by Crippen LogP contribution is -2.06. The molecule has 0 unspecified atom stereocenters. The van der Waals surface area contributed by atoms with Crippen LogP contribution in [-0.4, -0.2) is 14.9 Å². The van der Waals surface area contributed by atoms with Crippen LogP contribution in [0.1, 0.15) is 25.5 Å². The Morgan fingerprint density at radius 2 is 2.36 bits per heavy atom. The highest BCUT2D eigenvalue weighted by atomic mass is 19.1. The smallest absolute Gasteiger partial charge is 0.217 e. The summed E-state index contributed by atoms with van der Waals surface area (Å²) in [4.78, 5) is 0. The first-order valence-electron chi connectivity index (χ1n) is 3.49. The molecule has 0 fully saturated rings. The van der Waals surface area contributed by atoms with E-state index in [9.17, 15) is 4.39 Å². The van der Waals surface area contributed by atoms with Crippen LogP contribution in [0.15, 0.2) is 6.20 Å². The maximum atomic E-state index is 13.0. The highest BCUT2D eigenvalue weighted by molar-refractivity contribution is 5.05. The molecular formula is C7H11FN2O. The van der Waals surface area contributed by atoms with Gasteiger partial charge in [0, 0.05) is 6.04 Å². The molecule has 0 aromatic carbocycles. The van der Waals surface area contributed by atoms with Gasteiger partial charge in [-0.05, 0) is 13.8 Å². The molecule has 0 aliphatic carbocycles.